The Morgan fingerprint density at radius 2 is 1.70 bits per heavy atom. The summed E-state index contributed by atoms with van der Waals surface area (Å²) in [7, 11) is 0. The number of benzene rings is 1. The molecule has 1 saturated heterocycles. The summed E-state index contributed by atoms with van der Waals surface area (Å²) in [4.78, 5) is 30.6. The summed E-state index contributed by atoms with van der Waals surface area (Å²) in [6.07, 6.45) is 1.81. The zero-order valence-electron chi connectivity index (χ0n) is 14.6. The van der Waals surface area contributed by atoms with Crippen molar-refractivity contribution in [3.8, 4) is 0 Å². The average Bonchev–Trinajstić information content (AvgIpc) is 2.68. The summed E-state index contributed by atoms with van der Waals surface area (Å²) in [5, 5.41) is 2.14. The molecule has 0 unspecified atom stereocenters. The summed E-state index contributed by atoms with van der Waals surface area (Å²) < 4.78 is 40.0. The predicted octanol–water partition coefficient (Wildman–Crippen LogP) is 3.62. The summed E-state index contributed by atoms with van der Waals surface area (Å²) in [6, 6.07) is 5.95. The van der Waals surface area contributed by atoms with Gasteiger partial charge in [0.15, 0.2) is 17.5 Å². The lowest BCUT2D eigenvalue weighted by atomic mass is 9.99. The number of pyridine rings is 1. The molecule has 1 fully saturated rings. The number of halogens is 3. The van der Waals surface area contributed by atoms with Crippen molar-refractivity contribution in [2.75, 3.05) is 18.4 Å². The molecule has 1 aliphatic heterocycles. The third-order valence-electron chi connectivity index (χ3n) is 4.56. The van der Waals surface area contributed by atoms with E-state index in [9.17, 15) is 22.8 Å². The zero-order valence-corrected chi connectivity index (χ0v) is 14.6. The average molecular weight is 377 g/mol. The van der Waals surface area contributed by atoms with E-state index in [1.165, 1.54) is 18.2 Å². The number of nitrogens with one attached hydrogen (secondary N) is 1. The quantitative estimate of drug-likeness (QED) is 0.831. The summed E-state index contributed by atoms with van der Waals surface area (Å²) >= 11 is 0. The highest BCUT2D eigenvalue weighted by atomic mass is 19.2. The van der Waals surface area contributed by atoms with Crippen LogP contribution in [0.4, 0.5) is 18.9 Å². The van der Waals surface area contributed by atoms with Crippen molar-refractivity contribution < 1.29 is 22.8 Å². The number of carbonyl (C=O) groups excluding carboxylic acids is 2. The van der Waals surface area contributed by atoms with Crippen molar-refractivity contribution in [2.45, 2.75) is 19.8 Å². The molecule has 2 amide bonds. The van der Waals surface area contributed by atoms with Crippen molar-refractivity contribution in [3.63, 3.8) is 0 Å². The third kappa shape index (κ3) is 4.10. The second-order valence-electron chi connectivity index (χ2n) is 6.56. The predicted molar refractivity (Wildman–Crippen MR) is 92.8 cm³/mol. The second-order valence-corrected chi connectivity index (χ2v) is 6.56. The van der Waals surface area contributed by atoms with Crippen LogP contribution < -0.4 is 5.32 Å². The number of hydrogen-bond acceptors (Lipinski definition) is 3. The molecule has 0 bridgehead atoms. The van der Waals surface area contributed by atoms with Crippen LogP contribution in [0.15, 0.2) is 30.3 Å². The van der Waals surface area contributed by atoms with Gasteiger partial charge in [0.2, 0.25) is 0 Å². The first-order valence-electron chi connectivity index (χ1n) is 8.58. The molecular formula is C19H18F3N3O2. The Labute approximate surface area is 154 Å². The van der Waals surface area contributed by atoms with Crippen molar-refractivity contribution in [1.29, 1.82) is 0 Å². The molecule has 0 saturated carbocycles. The first-order valence-corrected chi connectivity index (χ1v) is 8.58. The van der Waals surface area contributed by atoms with Crippen LogP contribution in [0.2, 0.25) is 0 Å². The van der Waals surface area contributed by atoms with Gasteiger partial charge in [0.25, 0.3) is 11.8 Å². The van der Waals surface area contributed by atoms with E-state index < -0.39 is 29.0 Å². The van der Waals surface area contributed by atoms with Crippen LogP contribution in [0.5, 0.6) is 0 Å². The Kier molecular flexibility index (Phi) is 5.43. The standard InChI is InChI=1S/C19H18F3N3O2/c1-11-7-9-25(10-8-11)19(27)15-4-2-3-14(23-15)18(26)24-13-6-5-12(20)16(21)17(13)22/h2-6,11H,7-10H2,1H3,(H,24,26). The van der Waals surface area contributed by atoms with Crippen LogP contribution in [0.3, 0.4) is 0 Å². The maximum atomic E-state index is 13.7. The van der Waals surface area contributed by atoms with Crippen LogP contribution in [0.1, 0.15) is 40.7 Å². The van der Waals surface area contributed by atoms with E-state index in [0.717, 1.165) is 18.9 Å². The van der Waals surface area contributed by atoms with Gasteiger partial charge in [0.1, 0.15) is 11.4 Å². The number of carbonyl (C=O) groups is 2. The molecule has 2 aromatic rings. The van der Waals surface area contributed by atoms with E-state index in [1.54, 1.807) is 4.90 Å². The van der Waals surface area contributed by atoms with Crippen molar-refractivity contribution in [1.82, 2.24) is 9.88 Å². The maximum Gasteiger partial charge on any atom is 0.274 e. The van der Waals surface area contributed by atoms with Gasteiger partial charge >= 0.3 is 0 Å². The lowest BCUT2D eigenvalue weighted by Gasteiger charge is -2.30. The van der Waals surface area contributed by atoms with Crippen molar-refractivity contribution >= 4 is 17.5 Å². The minimum Gasteiger partial charge on any atom is -0.337 e. The Balaban J connectivity index is 1.76. The Hall–Kier alpha value is -2.90. The molecule has 0 radical (unpaired) electrons. The monoisotopic (exact) mass is 377 g/mol. The summed E-state index contributed by atoms with van der Waals surface area (Å²) in [5.41, 5.74) is -0.541. The second kappa shape index (κ2) is 7.77. The molecule has 5 nitrogen and oxygen atoms in total. The lowest BCUT2D eigenvalue weighted by molar-refractivity contribution is 0.0691. The number of nitrogens with zero attached hydrogens (tertiary/aromatic N) is 2. The molecular weight excluding hydrogens is 359 g/mol. The number of aromatic nitrogens is 1. The van der Waals surface area contributed by atoms with E-state index in [4.69, 9.17) is 0 Å². The minimum atomic E-state index is -1.68. The highest BCUT2D eigenvalue weighted by Crippen LogP contribution is 2.21. The third-order valence-corrected chi connectivity index (χ3v) is 4.56. The fraction of sp³-hybridized carbons (Fsp3) is 0.316. The van der Waals surface area contributed by atoms with Gasteiger partial charge < -0.3 is 10.2 Å². The molecule has 1 aromatic heterocycles. The van der Waals surface area contributed by atoms with Gasteiger partial charge in [-0.05, 0) is 43.0 Å². The molecule has 3 rings (SSSR count). The molecule has 0 atom stereocenters. The van der Waals surface area contributed by atoms with Gasteiger partial charge in [0.05, 0.1) is 5.69 Å². The molecule has 142 valence electrons. The van der Waals surface area contributed by atoms with Crippen LogP contribution in [-0.2, 0) is 0 Å². The number of amides is 2. The molecule has 8 heteroatoms. The topological polar surface area (TPSA) is 62.3 Å². The van der Waals surface area contributed by atoms with Gasteiger partial charge in [-0.25, -0.2) is 18.2 Å². The molecule has 0 aliphatic carbocycles. The number of rotatable bonds is 3. The molecule has 2 heterocycles. The SMILES string of the molecule is CC1CCN(C(=O)c2cccc(C(=O)Nc3ccc(F)c(F)c3F)n2)CC1. The minimum absolute atomic E-state index is 0.1000. The van der Waals surface area contributed by atoms with Gasteiger partial charge in [-0.2, -0.15) is 0 Å². The van der Waals surface area contributed by atoms with E-state index in [1.807, 2.05) is 0 Å². The number of piperidine rings is 1. The summed E-state index contributed by atoms with van der Waals surface area (Å²) in [5.74, 6) is -5.09. The Bertz CT molecular complexity index is 880. The highest BCUT2D eigenvalue weighted by molar-refractivity contribution is 6.03. The van der Waals surface area contributed by atoms with Crippen LogP contribution in [-0.4, -0.2) is 34.8 Å². The lowest BCUT2D eigenvalue weighted by Crippen LogP contribution is -2.38. The largest absolute Gasteiger partial charge is 0.337 e. The smallest absolute Gasteiger partial charge is 0.274 e. The fourth-order valence-corrected chi connectivity index (χ4v) is 2.86. The van der Waals surface area contributed by atoms with E-state index in [-0.39, 0.29) is 17.3 Å². The van der Waals surface area contributed by atoms with Crippen LogP contribution in [0.25, 0.3) is 0 Å². The number of hydrogen-bond donors (Lipinski definition) is 1. The fourth-order valence-electron chi connectivity index (χ4n) is 2.86. The molecule has 1 N–H and O–H groups in total. The normalized spacial score (nSPS) is 14.9. The van der Waals surface area contributed by atoms with Crippen LogP contribution in [0, 0.1) is 23.4 Å². The number of anilines is 1. The van der Waals surface area contributed by atoms with Gasteiger partial charge in [-0.3, -0.25) is 9.59 Å². The van der Waals surface area contributed by atoms with Gasteiger partial charge in [-0.1, -0.05) is 13.0 Å². The molecule has 27 heavy (non-hydrogen) atoms. The first-order chi connectivity index (χ1) is 12.9. The first kappa shape index (κ1) is 18.9. The van der Waals surface area contributed by atoms with E-state index in [0.29, 0.717) is 25.1 Å². The highest BCUT2D eigenvalue weighted by Gasteiger charge is 2.23. The molecule has 1 aliphatic rings. The van der Waals surface area contributed by atoms with Gasteiger partial charge in [0, 0.05) is 13.1 Å². The molecule has 1 aromatic carbocycles. The number of likely N-dealkylation sites (tertiary alicyclic amines) is 1. The van der Waals surface area contributed by atoms with E-state index in [2.05, 4.69) is 17.2 Å². The summed E-state index contributed by atoms with van der Waals surface area (Å²) in [6.45, 7) is 3.37. The maximum absolute atomic E-state index is 13.7. The Morgan fingerprint density at radius 1 is 1.04 bits per heavy atom. The Morgan fingerprint density at radius 3 is 2.41 bits per heavy atom. The molecule has 0 spiro atoms. The van der Waals surface area contributed by atoms with Crippen molar-refractivity contribution in [3.05, 3.63) is 59.2 Å². The van der Waals surface area contributed by atoms with Crippen LogP contribution >= 0.6 is 0 Å². The van der Waals surface area contributed by atoms with Crippen molar-refractivity contribution in [2.24, 2.45) is 5.92 Å². The zero-order chi connectivity index (χ0) is 19.6. The van der Waals surface area contributed by atoms with E-state index >= 15 is 0 Å². The van der Waals surface area contributed by atoms with Gasteiger partial charge in [-0.15, -0.1) is 0 Å².